The van der Waals surface area contributed by atoms with Gasteiger partial charge in [-0.05, 0) is 30.3 Å². The molecule has 0 aliphatic heterocycles. The van der Waals surface area contributed by atoms with E-state index in [0.29, 0.717) is 0 Å². The fourth-order valence-corrected chi connectivity index (χ4v) is 3.21. The highest BCUT2D eigenvalue weighted by Gasteiger charge is 2.35. The third-order valence-electron chi connectivity index (χ3n) is 3.85. The van der Waals surface area contributed by atoms with E-state index < -0.39 is 32.6 Å². The molecule has 28 heavy (non-hydrogen) atoms. The zero-order valence-electron chi connectivity index (χ0n) is 14.2. The third kappa shape index (κ3) is 3.71. The van der Waals surface area contributed by atoms with Gasteiger partial charge in [0.15, 0.2) is 5.69 Å². The van der Waals surface area contributed by atoms with Gasteiger partial charge in [0.1, 0.15) is 16.5 Å². The summed E-state index contributed by atoms with van der Waals surface area (Å²) in [5.74, 6) is -0.936. The van der Waals surface area contributed by atoms with Gasteiger partial charge in [-0.1, -0.05) is 12.1 Å². The minimum absolute atomic E-state index is 0.0208. The predicted molar refractivity (Wildman–Crippen MR) is 91.9 cm³/mol. The molecule has 2 aromatic carbocycles. The van der Waals surface area contributed by atoms with Crippen LogP contribution in [0.4, 0.5) is 17.6 Å². The Labute approximate surface area is 157 Å². The Morgan fingerprint density at radius 3 is 2.36 bits per heavy atom. The lowest BCUT2D eigenvalue weighted by atomic mass is 10.1. The van der Waals surface area contributed by atoms with Crippen LogP contribution in [-0.2, 0) is 16.2 Å². The number of sulfonamides is 1. The molecule has 0 radical (unpaired) electrons. The summed E-state index contributed by atoms with van der Waals surface area (Å²) in [6.45, 7) is 0. The van der Waals surface area contributed by atoms with Crippen LogP contribution < -0.4 is 9.88 Å². The predicted octanol–water partition coefficient (Wildman–Crippen LogP) is 3.35. The first-order valence-electron chi connectivity index (χ1n) is 7.66. The van der Waals surface area contributed by atoms with Crippen molar-refractivity contribution in [2.75, 3.05) is 7.11 Å². The summed E-state index contributed by atoms with van der Waals surface area (Å²) in [5.41, 5.74) is -1.07. The van der Waals surface area contributed by atoms with Gasteiger partial charge in [-0.3, -0.25) is 0 Å². The summed E-state index contributed by atoms with van der Waals surface area (Å²) in [7, 11) is -2.98. The molecule has 3 rings (SSSR count). The summed E-state index contributed by atoms with van der Waals surface area (Å²) < 4.78 is 82.6. The van der Waals surface area contributed by atoms with Gasteiger partial charge in [-0.2, -0.15) is 18.3 Å². The molecule has 0 amide bonds. The van der Waals surface area contributed by atoms with E-state index in [4.69, 9.17) is 9.88 Å². The minimum Gasteiger partial charge on any atom is -0.496 e. The zero-order valence-corrected chi connectivity index (χ0v) is 15.1. The Kier molecular flexibility index (Phi) is 4.90. The summed E-state index contributed by atoms with van der Waals surface area (Å²) in [4.78, 5) is -0.779. The van der Waals surface area contributed by atoms with Crippen molar-refractivity contribution in [2.24, 2.45) is 5.14 Å². The van der Waals surface area contributed by atoms with Gasteiger partial charge in [0.05, 0.1) is 18.5 Å². The molecule has 1 heterocycles. The van der Waals surface area contributed by atoms with Gasteiger partial charge in [-0.25, -0.2) is 22.6 Å². The molecule has 1 aromatic heterocycles. The second kappa shape index (κ2) is 6.91. The maximum absolute atomic E-state index is 14.2. The maximum Gasteiger partial charge on any atom is 0.435 e. The molecule has 0 aliphatic rings. The van der Waals surface area contributed by atoms with E-state index in [1.54, 1.807) is 18.2 Å². The van der Waals surface area contributed by atoms with Crippen molar-refractivity contribution in [3.05, 3.63) is 60.0 Å². The number of aromatic nitrogens is 2. The Balaban J connectivity index is 2.26. The second-order valence-electron chi connectivity index (χ2n) is 5.68. The number of rotatable bonds is 4. The van der Waals surface area contributed by atoms with Crippen molar-refractivity contribution in [1.82, 2.24) is 9.78 Å². The molecule has 2 N–H and O–H groups in total. The number of methoxy groups -OCH3 is 1. The highest BCUT2D eigenvalue weighted by Crippen LogP contribution is 2.36. The summed E-state index contributed by atoms with van der Waals surface area (Å²) >= 11 is 0. The van der Waals surface area contributed by atoms with Crippen LogP contribution in [0, 0.1) is 5.82 Å². The second-order valence-corrected chi connectivity index (χ2v) is 7.21. The van der Waals surface area contributed by atoms with Crippen LogP contribution in [0.25, 0.3) is 16.9 Å². The topological polar surface area (TPSA) is 87.2 Å². The summed E-state index contributed by atoms with van der Waals surface area (Å²) in [6, 6.07) is 9.79. The molecule has 6 nitrogen and oxygen atoms in total. The van der Waals surface area contributed by atoms with Crippen LogP contribution in [-0.4, -0.2) is 25.3 Å². The van der Waals surface area contributed by atoms with Crippen LogP contribution in [0.2, 0.25) is 0 Å². The minimum atomic E-state index is -4.75. The van der Waals surface area contributed by atoms with Gasteiger partial charge < -0.3 is 4.74 Å². The Bertz CT molecular complexity index is 1140. The molecule has 0 fully saturated rings. The van der Waals surface area contributed by atoms with Gasteiger partial charge in [0.25, 0.3) is 0 Å². The number of benzene rings is 2. The lowest BCUT2D eigenvalue weighted by Crippen LogP contribution is -2.14. The van der Waals surface area contributed by atoms with Crippen molar-refractivity contribution in [3.8, 4) is 22.7 Å². The molecule has 0 saturated heterocycles. The van der Waals surface area contributed by atoms with Crippen molar-refractivity contribution in [1.29, 1.82) is 0 Å². The lowest BCUT2D eigenvalue weighted by molar-refractivity contribution is -0.141. The molecule has 0 bridgehead atoms. The molecule has 3 aromatic rings. The van der Waals surface area contributed by atoms with Crippen molar-refractivity contribution < 1.29 is 30.7 Å². The van der Waals surface area contributed by atoms with E-state index in [1.807, 2.05) is 0 Å². The monoisotopic (exact) mass is 415 g/mol. The van der Waals surface area contributed by atoms with E-state index in [0.717, 1.165) is 28.9 Å². The van der Waals surface area contributed by atoms with Crippen LogP contribution in [0.5, 0.6) is 5.75 Å². The largest absolute Gasteiger partial charge is 0.496 e. The number of nitrogens with two attached hydrogens (primary N) is 1. The number of primary sulfonamides is 1. The van der Waals surface area contributed by atoms with Crippen molar-refractivity contribution in [3.63, 3.8) is 0 Å². The maximum atomic E-state index is 14.2. The zero-order chi connectivity index (χ0) is 20.7. The Morgan fingerprint density at radius 2 is 1.79 bits per heavy atom. The van der Waals surface area contributed by atoms with Gasteiger partial charge in [-0.15, -0.1) is 0 Å². The SMILES string of the molecule is COc1ccccc1-c1cc(C(F)(F)F)nn1-c1ccc(S(N)(=O)=O)c(F)c1. The summed E-state index contributed by atoms with van der Waals surface area (Å²) in [5, 5.41) is 8.44. The molecule has 0 atom stereocenters. The first-order chi connectivity index (χ1) is 13.0. The van der Waals surface area contributed by atoms with E-state index in [2.05, 4.69) is 5.10 Å². The van der Waals surface area contributed by atoms with Crippen LogP contribution in [0.15, 0.2) is 53.4 Å². The van der Waals surface area contributed by atoms with E-state index in [9.17, 15) is 26.0 Å². The molecule has 0 spiro atoms. The standard InChI is InChI=1S/C17H13F4N3O3S/c1-27-14-5-3-2-4-11(14)13-9-16(17(19,20)21)23-24(13)10-6-7-15(12(18)8-10)28(22,25)26/h2-9H,1H3,(H2,22,25,26). The quantitative estimate of drug-likeness (QED) is 0.662. The number of nitrogens with zero attached hydrogens (tertiary/aromatic N) is 2. The molecular formula is C17H13F4N3O3S. The molecule has 11 heteroatoms. The lowest BCUT2D eigenvalue weighted by Gasteiger charge is -2.12. The average molecular weight is 415 g/mol. The fraction of sp³-hybridized carbons (Fsp3) is 0.118. The number of alkyl halides is 3. The van der Waals surface area contributed by atoms with E-state index in [-0.39, 0.29) is 22.7 Å². The Hall–Kier alpha value is -2.92. The number of hydrogen-bond acceptors (Lipinski definition) is 4. The van der Waals surface area contributed by atoms with Gasteiger partial charge in [0, 0.05) is 11.6 Å². The number of hydrogen-bond donors (Lipinski definition) is 1. The van der Waals surface area contributed by atoms with Crippen LogP contribution in [0.1, 0.15) is 5.69 Å². The van der Waals surface area contributed by atoms with Gasteiger partial charge in [0.2, 0.25) is 10.0 Å². The number of halogens is 4. The van der Waals surface area contributed by atoms with E-state index in [1.165, 1.54) is 13.2 Å². The first kappa shape index (κ1) is 19.8. The molecule has 0 aliphatic carbocycles. The highest BCUT2D eigenvalue weighted by atomic mass is 32.2. The first-order valence-corrected chi connectivity index (χ1v) is 9.20. The molecular weight excluding hydrogens is 402 g/mol. The molecule has 148 valence electrons. The van der Waals surface area contributed by atoms with E-state index >= 15 is 0 Å². The fourth-order valence-electron chi connectivity index (χ4n) is 2.62. The van der Waals surface area contributed by atoms with Crippen LogP contribution in [0.3, 0.4) is 0 Å². The summed E-state index contributed by atoms with van der Waals surface area (Å²) in [6.07, 6.45) is -4.75. The van der Waals surface area contributed by atoms with Crippen molar-refractivity contribution >= 4 is 10.0 Å². The van der Waals surface area contributed by atoms with Crippen molar-refractivity contribution in [2.45, 2.75) is 11.1 Å². The molecule has 0 saturated carbocycles. The smallest absolute Gasteiger partial charge is 0.435 e. The molecule has 0 unspecified atom stereocenters. The average Bonchev–Trinajstić information content (AvgIpc) is 3.06. The normalized spacial score (nSPS) is 12.2. The third-order valence-corrected chi connectivity index (χ3v) is 4.79. The number of ether oxygens (including phenoxy) is 1. The highest BCUT2D eigenvalue weighted by molar-refractivity contribution is 7.89. The van der Waals surface area contributed by atoms with Crippen LogP contribution >= 0.6 is 0 Å². The number of para-hydroxylation sites is 1. The Morgan fingerprint density at radius 1 is 1.11 bits per heavy atom. The van der Waals surface area contributed by atoms with Gasteiger partial charge >= 0.3 is 6.18 Å².